The lowest BCUT2D eigenvalue weighted by Crippen LogP contribution is -2.20. The van der Waals surface area contributed by atoms with E-state index in [1.165, 1.54) is 18.2 Å². The van der Waals surface area contributed by atoms with Gasteiger partial charge in [-0.25, -0.2) is 4.79 Å². The number of nitrogens with zero attached hydrogens (tertiary/aromatic N) is 1. The standard InChI is InChI=1S/C17H10Cl2N2O6/c18-10-1-4-14-9(5-10)6-15(27-14)17(23)26-8-16(22)20-13-3-2-11(21(24)25)7-12(13)19/h1-7H,8H2,(H,20,22). The Labute approximate surface area is 161 Å². The van der Waals surface area contributed by atoms with Crippen molar-refractivity contribution in [3.8, 4) is 0 Å². The summed E-state index contributed by atoms with van der Waals surface area (Å²) in [6.07, 6.45) is 0. The van der Waals surface area contributed by atoms with E-state index in [4.69, 9.17) is 32.4 Å². The number of esters is 1. The van der Waals surface area contributed by atoms with Crippen LogP contribution in [0.3, 0.4) is 0 Å². The van der Waals surface area contributed by atoms with E-state index in [-0.39, 0.29) is 22.2 Å². The third-order valence-corrected chi connectivity index (χ3v) is 4.00. The number of nitro benzene ring substituents is 1. The molecule has 3 rings (SSSR count). The molecule has 8 nitrogen and oxygen atoms in total. The van der Waals surface area contributed by atoms with Crippen LogP contribution in [-0.4, -0.2) is 23.4 Å². The number of carbonyl (C=O) groups excluding carboxylic acids is 2. The van der Waals surface area contributed by atoms with Crippen LogP contribution in [0.5, 0.6) is 0 Å². The van der Waals surface area contributed by atoms with Gasteiger partial charge in [0.2, 0.25) is 5.76 Å². The minimum atomic E-state index is -0.827. The Morgan fingerprint density at radius 1 is 1.15 bits per heavy atom. The summed E-state index contributed by atoms with van der Waals surface area (Å²) < 4.78 is 10.2. The fraction of sp³-hybridized carbons (Fsp3) is 0.0588. The Kier molecular flexibility index (Phi) is 5.29. The number of carbonyl (C=O) groups is 2. The highest BCUT2D eigenvalue weighted by molar-refractivity contribution is 6.34. The van der Waals surface area contributed by atoms with E-state index < -0.39 is 23.4 Å². The van der Waals surface area contributed by atoms with Crippen molar-refractivity contribution in [2.75, 3.05) is 11.9 Å². The second kappa shape index (κ2) is 7.65. The van der Waals surface area contributed by atoms with Gasteiger partial charge in [-0.3, -0.25) is 14.9 Å². The van der Waals surface area contributed by atoms with Gasteiger partial charge >= 0.3 is 5.97 Å². The van der Waals surface area contributed by atoms with Gasteiger partial charge in [-0.2, -0.15) is 0 Å². The molecule has 10 heteroatoms. The van der Waals surface area contributed by atoms with Crippen molar-refractivity contribution in [2.24, 2.45) is 0 Å². The van der Waals surface area contributed by atoms with E-state index >= 15 is 0 Å². The van der Waals surface area contributed by atoms with E-state index in [0.29, 0.717) is 16.0 Å². The first-order valence-corrected chi connectivity index (χ1v) is 8.19. The number of non-ortho nitro benzene ring substituents is 1. The highest BCUT2D eigenvalue weighted by atomic mass is 35.5. The summed E-state index contributed by atoms with van der Waals surface area (Å²) in [7, 11) is 0. The molecule has 1 aromatic heterocycles. The van der Waals surface area contributed by atoms with Crippen LogP contribution >= 0.6 is 23.2 Å². The largest absolute Gasteiger partial charge is 0.450 e. The van der Waals surface area contributed by atoms with E-state index in [1.807, 2.05) is 0 Å². The predicted octanol–water partition coefficient (Wildman–Crippen LogP) is 4.44. The van der Waals surface area contributed by atoms with Gasteiger partial charge < -0.3 is 14.5 Å². The maximum Gasteiger partial charge on any atom is 0.374 e. The fourth-order valence-electron chi connectivity index (χ4n) is 2.22. The molecule has 0 spiro atoms. The molecule has 3 aromatic rings. The normalized spacial score (nSPS) is 10.6. The molecule has 0 atom stereocenters. The first kappa shape index (κ1) is 18.7. The average molecular weight is 409 g/mol. The van der Waals surface area contributed by atoms with Crippen molar-refractivity contribution < 1.29 is 23.7 Å². The fourth-order valence-corrected chi connectivity index (χ4v) is 2.62. The predicted molar refractivity (Wildman–Crippen MR) is 98.2 cm³/mol. The second-order valence-corrected chi connectivity index (χ2v) is 6.18. The Morgan fingerprint density at radius 2 is 1.93 bits per heavy atom. The molecule has 1 heterocycles. The van der Waals surface area contributed by atoms with Crippen LogP contribution in [0.2, 0.25) is 10.0 Å². The third-order valence-electron chi connectivity index (χ3n) is 3.45. The quantitative estimate of drug-likeness (QED) is 0.379. The number of hydrogen-bond acceptors (Lipinski definition) is 6. The number of ether oxygens (including phenoxy) is 1. The molecule has 138 valence electrons. The average Bonchev–Trinajstić information content (AvgIpc) is 3.04. The molecule has 0 aliphatic heterocycles. The van der Waals surface area contributed by atoms with Crippen molar-refractivity contribution in [1.82, 2.24) is 0 Å². The van der Waals surface area contributed by atoms with Crippen LogP contribution in [0.4, 0.5) is 11.4 Å². The Bertz CT molecular complexity index is 1060. The van der Waals surface area contributed by atoms with E-state index in [9.17, 15) is 19.7 Å². The maximum absolute atomic E-state index is 12.0. The molecular weight excluding hydrogens is 399 g/mol. The Morgan fingerprint density at radius 3 is 2.63 bits per heavy atom. The van der Waals surface area contributed by atoms with Crippen LogP contribution in [0.15, 0.2) is 46.9 Å². The Hall–Kier alpha value is -3.10. The van der Waals surface area contributed by atoms with E-state index in [1.54, 1.807) is 18.2 Å². The van der Waals surface area contributed by atoms with Crippen molar-refractivity contribution in [3.05, 3.63) is 68.4 Å². The number of nitrogens with one attached hydrogen (secondary N) is 1. The number of hydrogen-bond donors (Lipinski definition) is 1. The number of fused-ring (bicyclic) bond motifs is 1. The highest BCUT2D eigenvalue weighted by Gasteiger charge is 2.17. The molecule has 27 heavy (non-hydrogen) atoms. The van der Waals surface area contributed by atoms with Crippen LogP contribution < -0.4 is 5.32 Å². The first-order valence-electron chi connectivity index (χ1n) is 7.43. The van der Waals surface area contributed by atoms with Gasteiger partial charge in [-0.15, -0.1) is 0 Å². The summed E-state index contributed by atoms with van der Waals surface area (Å²) >= 11 is 11.7. The van der Waals surface area contributed by atoms with Crippen molar-refractivity contribution in [2.45, 2.75) is 0 Å². The number of furan rings is 1. The SMILES string of the molecule is O=C(COC(=O)c1cc2cc(Cl)ccc2o1)Nc1ccc([N+](=O)[O-])cc1Cl. The summed E-state index contributed by atoms with van der Waals surface area (Å²) in [5, 5.41) is 14.2. The van der Waals surface area contributed by atoms with Crippen molar-refractivity contribution in [3.63, 3.8) is 0 Å². The molecule has 0 radical (unpaired) electrons. The molecule has 0 aliphatic rings. The topological polar surface area (TPSA) is 112 Å². The lowest BCUT2D eigenvalue weighted by atomic mass is 10.2. The van der Waals surface area contributed by atoms with Gasteiger partial charge in [0.25, 0.3) is 11.6 Å². The summed E-state index contributed by atoms with van der Waals surface area (Å²) in [5.74, 6) is -1.57. The summed E-state index contributed by atoms with van der Waals surface area (Å²) in [6.45, 7) is -0.593. The molecule has 0 saturated heterocycles. The zero-order valence-corrected chi connectivity index (χ0v) is 14.9. The zero-order valence-electron chi connectivity index (χ0n) is 13.4. The number of benzene rings is 2. The minimum Gasteiger partial charge on any atom is -0.450 e. The molecule has 1 amide bonds. The van der Waals surface area contributed by atoms with Crippen molar-refractivity contribution in [1.29, 1.82) is 0 Å². The number of amides is 1. The molecule has 0 bridgehead atoms. The molecule has 0 aliphatic carbocycles. The minimum absolute atomic E-state index is 0.0157. The first-order chi connectivity index (χ1) is 12.8. The molecular formula is C17H10Cl2N2O6. The third kappa shape index (κ3) is 4.36. The number of halogens is 2. The van der Waals surface area contributed by atoms with E-state index in [0.717, 1.165) is 6.07 Å². The summed E-state index contributed by atoms with van der Waals surface area (Å²) in [5.41, 5.74) is 0.393. The zero-order chi connectivity index (χ0) is 19.6. The molecule has 2 aromatic carbocycles. The van der Waals surface area contributed by atoms with Gasteiger partial charge in [-0.05, 0) is 30.3 Å². The number of anilines is 1. The van der Waals surface area contributed by atoms with Crippen LogP contribution in [0.1, 0.15) is 10.6 Å². The van der Waals surface area contributed by atoms with E-state index in [2.05, 4.69) is 5.32 Å². The number of rotatable bonds is 5. The molecule has 0 fully saturated rings. The van der Waals surface area contributed by atoms with Gasteiger partial charge in [-0.1, -0.05) is 23.2 Å². The van der Waals surface area contributed by atoms with Crippen LogP contribution in [-0.2, 0) is 9.53 Å². The summed E-state index contributed by atoms with van der Waals surface area (Å²) in [4.78, 5) is 34.0. The molecule has 1 N–H and O–H groups in total. The molecule has 0 saturated carbocycles. The van der Waals surface area contributed by atoms with Gasteiger partial charge in [0.1, 0.15) is 5.58 Å². The second-order valence-electron chi connectivity index (χ2n) is 5.34. The van der Waals surface area contributed by atoms with Gasteiger partial charge in [0.15, 0.2) is 6.61 Å². The lowest BCUT2D eigenvalue weighted by Gasteiger charge is -2.07. The maximum atomic E-state index is 12.0. The summed E-state index contributed by atoms with van der Waals surface area (Å²) in [6, 6.07) is 9.87. The van der Waals surface area contributed by atoms with Crippen LogP contribution in [0.25, 0.3) is 11.0 Å². The van der Waals surface area contributed by atoms with Crippen LogP contribution in [0, 0.1) is 10.1 Å². The Balaban J connectivity index is 1.61. The smallest absolute Gasteiger partial charge is 0.374 e. The lowest BCUT2D eigenvalue weighted by molar-refractivity contribution is -0.384. The molecule has 0 unspecified atom stereocenters. The van der Waals surface area contributed by atoms with Crippen molar-refractivity contribution >= 4 is 57.4 Å². The monoisotopic (exact) mass is 408 g/mol. The van der Waals surface area contributed by atoms with Gasteiger partial charge in [0.05, 0.1) is 15.6 Å². The highest BCUT2D eigenvalue weighted by Crippen LogP contribution is 2.27. The number of nitro groups is 1. The van der Waals surface area contributed by atoms with Gasteiger partial charge in [0, 0.05) is 22.5 Å².